The highest BCUT2D eigenvalue weighted by Gasteiger charge is 2.57. The number of nitrogens with zero attached hydrogens (tertiary/aromatic N) is 5. The van der Waals surface area contributed by atoms with E-state index < -0.39 is 23.8 Å². The van der Waals surface area contributed by atoms with E-state index in [1.807, 2.05) is 13.0 Å². The Morgan fingerprint density at radius 1 is 1.42 bits per heavy atom. The van der Waals surface area contributed by atoms with Gasteiger partial charge >= 0.3 is 12.1 Å². The maximum Gasteiger partial charge on any atom is 0.410 e. The predicted molar refractivity (Wildman–Crippen MR) is 133 cm³/mol. The van der Waals surface area contributed by atoms with Crippen molar-refractivity contribution < 1.29 is 28.2 Å². The van der Waals surface area contributed by atoms with Gasteiger partial charge in [-0.15, -0.1) is 0 Å². The summed E-state index contributed by atoms with van der Waals surface area (Å²) in [4.78, 5) is 48.7. The molecule has 13 heteroatoms. The number of nitriles is 1. The molecule has 12 nitrogen and oxygen atoms in total. The number of rotatable bonds is 8. The number of amides is 3. The number of pyridine rings is 2. The maximum absolute atomic E-state index is 15.7. The summed E-state index contributed by atoms with van der Waals surface area (Å²) in [5, 5.41) is 15.1. The number of halogens is 1. The lowest BCUT2D eigenvalue weighted by Crippen LogP contribution is -2.60. The highest BCUT2D eigenvalue weighted by atomic mass is 19.1. The molecule has 6 rings (SSSR count). The third-order valence-electron chi connectivity index (χ3n) is 7.08. The third kappa shape index (κ3) is 4.37. The minimum absolute atomic E-state index is 0.0134. The number of carbonyl (C=O) groups excluding carboxylic acids is 3. The van der Waals surface area contributed by atoms with Crippen molar-refractivity contribution in [2.45, 2.75) is 44.1 Å². The largest absolute Gasteiger partial charge is 0.447 e. The lowest BCUT2D eigenvalue weighted by atomic mass is 9.68. The van der Waals surface area contributed by atoms with E-state index in [0.717, 1.165) is 0 Å². The number of ether oxygens (including phenoxy) is 2. The molecule has 2 fully saturated rings. The first-order chi connectivity index (χ1) is 18.3. The van der Waals surface area contributed by atoms with Gasteiger partial charge in [0.05, 0.1) is 30.4 Å². The second-order valence-corrected chi connectivity index (χ2v) is 9.55. The Hall–Kier alpha value is -4.31. The standard InChI is InChI=1S/C25H26FN7O5/c1-14-13-38-24(36)32(14)11-15-5-18-22(30-20(15)12-34)33(17-7-25(18,26)8-17)23(35)31-21-6-19(28-3-4-37-2)16(9-27)10-29-21/h5-6,10,12,14,17H,3-4,7-8,11,13H2,1-2H3,(H2,28,29,31,35)/t14-,17?,25?/m0/s1. The Morgan fingerprint density at radius 2 is 2.21 bits per heavy atom. The van der Waals surface area contributed by atoms with Gasteiger partial charge in [-0.25, -0.2) is 23.9 Å². The summed E-state index contributed by atoms with van der Waals surface area (Å²) < 4.78 is 25.8. The molecule has 3 aliphatic heterocycles. The molecular formula is C25H26FN7O5. The Bertz CT molecular complexity index is 1340. The smallest absolute Gasteiger partial charge is 0.410 e. The van der Waals surface area contributed by atoms with Crippen LogP contribution in [0.25, 0.3) is 0 Å². The molecule has 0 unspecified atom stereocenters. The van der Waals surface area contributed by atoms with Gasteiger partial charge in [-0.2, -0.15) is 5.26 Å². The van der Waals surface area contributed by atoms with Gasteiger partial charge in [0.15, 0.2) is 6.29 Å². The van der Waals surface area contributed by atoms with E-state index >= 15 is 4.39 Å². The number of hydrogen-bond donors (Lipinski definition) is 2. The second kappa shape index (κ2) is 9.86. The fourth-order valence-corrected chi connectivity index (χ4v) is 4.99. The van der Waals surface area contributed by atoms with Gasteiger partial charge in [0.25, 0.3) is 0 Å². The topological polar surface area (TPSA) is 150 Å². The van der Waals surface area contributed by atoms with Gasteiger partial charge in [0.1, 0.15) is 35.7 Å². The monoisotopic (exact) mass is 523 g/mol. The molecule has 4 aliphatic rings. The minimum atomic E-state index is -1.68. The van der Waals surface area contributed by atoms with Crippen LogP contribution in [0.3, 0.4) is 0 Å². The molecule has 5 heterocycles. The summed E-state index contributed by atoms with van der Waals surface area (Å²) in [6.45, 7) is 2.93. The third-order valence-corrected chi connectivity index (χ3v) is 7.08. The van der Waals surface area contributed by atoms with Gasteiger partial charge < -0.3 is 14.8 Å². The SMILES string of the molecule is COCCNc1cc(NC(=O)N2c3nc(C=O)c(CN4C(=O)OC[C@@H]4C)cc3C3(F)CC2C3)ncc1C#N. The number of anilines is 3. The normalized spacial score (nSPS) is 23.2. The van der Waals surface area contributed by atoms with Gasteiger partial charge in [-0.1, -0.05) is 0 Å². The zero-order valence-electron chi connectivity index (χ0n) is 20.9. The number of cyclic esters (lactones) is 1. The lowest BCUT2D eigenvalue weighted by molar-refractivity contribution is 0.0282. The van der Waals surface area contributed by atoms with Crippen molar-refractivity contribution >= 4 is 35.7 Å². The number of nitrogens with one attached hydrogen (secondary N) is 2. The molecule has 2 N–H and O–H groups in total. The van der Waals surface area contributed by atoms with E-state index in [1.165, 1.54) is 28.1 Å². The Labute approximate surface area is 217 Å². The second-order valence-electron chi connectivity index (χ2n) is 9.55. The molecule has 1 saturated carbocycles. The van der Waals surface area contributed by atoms with Crippen molar-refractivity contribution in [1.29, 1.82) is 5.26 Å². The summed E-state index contributed by atoms with van der Waals surface area (Å²) in [5.41, 5.74) is -0.314. The molecule has 3 amide bonds. The lowest BCUT2D eigenvalue weighted by Gasteiger charge is -2.52. The van der Waals surface area contributed by atoms with E-state index in [4.69, 9.17) is 9.47 Å². The molecule has 0 spiro atoms. The van der Waals surface area contributed by atoms with Crippen LogP contribution in [0.1, 0.15) is 46.9 Å². The highest BCUT2D eigenvalue weighted by Crippen LogP contribution is 2.56. The quantitative estimate of drug-likeness (QED) is 0.393. The van der Waals surface area contributed by atoms with E-state index in [1.54, 1.807) is 7.11 Å². The van der Waals surface area contributed by atoms with Crippen molar-refractivity contribution in [2.24, 2.45) is 0 Å². The predicted octanol–water partition coefficient (Wildman–Crippen LogP) is 2.94. The van der Waals surface area contributed by atoms with Crippen LogP contribution in [0, 0.1) is 11.3 Å². The van der Waals surface area contributed by atoms with Crippen LogP contribution in [0.5, 0.6) is 0 Å². The molecule has 2 aromatic heterocycles. The van der Waals surface area contributed by atoms with E-state index in [0.29, 0.717) is 36.3 Å². The molecule has 1 atom stereocenters. The molecule has 0 radical (unpaired) electrons. The van der Waals surface area contributed by atoms with Crippen molar-refractivity contribution in [3.8, 4) is 6.07 Å². The average Bonchev–Trinajstić information content (AvgIpc) is 3.20. The molecule has 1 aliphatic carbocycles. The zero-order valence-corrected chi connectivity index (χ0v) is 20.9. The number of aldehydes is 1. The number of methoxy groups -OCH3 is 1. The van der Waals surface area contributed by atoms with Crippen molar-refractivity contribution in [3.05, 3.63) is 40.7 Å². The van der Waals surface area contributed by atoms with E-state index in [9.17, 15) is 19.6 Å². The number of hydrogen-bond acceptors (Lipinski definition) is 9. The number of urea groups is 1. The first-order valence-corrected chi connectivity index (χ1v) is 12.1. The highest BCUT2D eigenvalue weighted by molar-refractivity contribution is 6.03. The Morgan fingerprint density at radius 3 is 2.87 bits per heavy atom. The van der Waals surface area contributed by atoms with Gasteiger partial charge in [-0.05, 0) is 13.0 Å². The molecule has 0 aromatic carbocycles. The first kappa shape index (κ1) is 25.3. The summed E-state index contributed by atoms with van der Waals surface area (Å²) in [5.74, 6) is 0.239. The molecule has 2 aromatic rings. The van der Waals surface area contributed by atoms with Crippen LogP contribution in [0.2, 0.25) is 0 Å². The van der Waals surface area contributed by atoms with Crippen LogP contribution in [-0.4, -0.2) is 72.2 Å². The summed E-state index contributed by atoms with van der Waals surface area (Å²) in [6.07, 6.45) is 1.52. The fourth-order valence-electron chi connectivity index (χ4n) is 4.99. The van der Waals surface area contributed by atoms with Crippen LogP contribution in [0.15, 0.2) is 18.3 Å². The average molecular weight is 524 g/mol. The summed E-state index contributed by atoms with van der Waals surface area (Å²) in [6, 6.07) is 3.85. The molecular weight excluding hydrogens is 497 g/mol. The van der Waals surface area contributed by atoms with Crippen LogP contribution in [-0.2, 0) is 21.7 Å². The summed E-state index contributed by atoms with van der Waals surface area (Å²) in [7, 11) is 1.56. The van der Waals surface area contributed by atoms with Crippen molar-refractivity contribution in [1.82, 2.24) is 14.9 Å². The van der Waals surface area contributed by atoms with E-state index in [2.05, 4.69) is 20.6 Å². The Balaban J connectivity index is 1.43. The summed E-state index contributed by atoms with van der Waals surface area (Å²) >= 11 is 0. The van der Waals surface area contributed by atoms with Crippen molar-refractivity contribution in [2.75, 3.05) is 42.4 Å². The molecule has 1 saturated heterocycles. The number of aromatic nitrogens is 2. The maximum atomic E-state index is 15.7. The van der Waals surface area contributed by atoms with Crippen molar-refractivity contribution in [3.63, 3.8) is 0 Å². The number of alkyl halides is 1. The van der Waals surface area contributed by atoms with Crippen LogP contribution in [0.4, 0.5) is 31.3 Å². The first-order valence-electron chi connectivity index (χ1n) is 12.1. The van der Waals surface area contributed by atoms with Crippen LogP contribution >= 0.6 is 0 Å². The fraction of sp³-hybridized carbons (Fsp3) is 0.440. The molecule has 38 heavy (non-hydrogen) atoms. The van der Waals surface area contributed by atoms with Crippen LogP contribution < -0.4 is 15.5 Å². The van der Waals surface area contributed by atoms with Gasteiger partial charge in [0.2, 0.25) is 0 Å². The molecule has 198 valence electrons. The van der Waals surface area contributed by atoms with Gasteiger partial charge in [-0.3, -0.25) is 19.9 Å². The van der Waals surface area contributed by atoms with E-state index in [-0.39, 0.29) is 54.9 Å². The molecule has 2 bridgehead atoms. The minimum Gasteiger partial charge on any atom is -0.447 e. The van der Waals surface area contributed by atoms with Gasteiger partial charge in [0, 0.05) is 55.9 Å². The number of carbonyl (C=O) groups is 3. The zero-order chi connectivity index (χ0) is 27.0. The Kier molecular flexibility index (Phi) is 6.58.